The largest absolute Gasteiger partial charge is 0.204 e. The first-order valence-corrected chi connectivity index (χ1v) is 7.42. The van der Waals surface area contributed by atoms with Crippen molar-refractivity contribution in [2.45, 2.75) is 44.4 Å². The molecule has 1 aliphatic rings. The van der Waals surface area contributed by atoms with Gasteiger partial charge in [-0.15, -0.1) is 0 Å². The predicted octanol–water partition coefficient (Wildman–Crippen LogP) is 5.62. The second-order valence-corrected chi connectivity index (χ2v) is 6.90. The summed E-state index contributed by atoms with van der Waals surface area (Å²) in [6.45, 7) is 4.54. The lowest BCUT2D eigenvalue weighted by atomic mass is 9.67. The zero-order valence-corrected chi connectivity index (χ0v) is 12.4. The fourth-order valence-electron chi connectivity index (χ4n) is 2.98. The van der Waals surface area contributed by atoms with Crippen molar-refractivity contribution in [3.63, 3.8) is 0 Å². The summed E-state index contributed by atoms with van der Waals surface area (Å²) in [7, 11) is 0. The zero-order valence-electron chi connectivity index (χ0n) is 10.8. The molecule has 0 nitrogen and oxygen atoms in total. The minimum absolute atomic E-state index is 0.0999. The second-order valence-electron chi connectivity index (χ2n) is 5.92. The van der Waals surface area contributed by atoms with Crippen molar-refractivity contribution < 1.29 is 8.78 Å². The molecule has 1 fully saturated rings. The minimum atomic E-state index is -0.777. The molecule has 2 rings (SSSR count). The number of benzene rings is 1. The van der Waals surface area contributed by atoms with Gasteiger partial charge in [-0.05, 0) is 41.9 Å². The van der Waals surface area contributed by atoms with Crippen LogP contribution in [0.4, 0.5) is 8.78 Å². The molecule has 0 heterocycles. The lowest BCUT2D eigenvalue weighted by Crippen LogP contribution is -2.30. The number of hydrogen-bond donors (Lipinski definition) is 0. The molecular weight excluding hydrogens is 298 g/mol. The molecule has 100 valence electrons. The number of rotatable bonds is 2. The highest BCUT2D eigenvalue weighted by atomic mass is 79.9. The van der Waals surface area contributed by atoms with E-state index in [9.17, 15) is 8.78 Å². The highest BCUT2D eigenvalue weighted by Crippen LogP contribution is 2.50. The number of halogens is 3. The van der Waals surface area contributed by atoms with Crippen LogP contribution in [0.25, 0.3) is 0 Å². The molecule has 0 radical (unpaired) electrons. The van der Waals surface area contributed by atoms with E-state index in [1.54, 1.807) is 6.07 Å². The van der Waals surface area contributed by atoms with Gasteiger partial charge in [-0.2, -0.15) is 0 Å². The first-order chi connectivity index (χ1) is 8.42. The molecule has 0 saturated heterocycles. The molecule has 0 bridgehead atoms. The molecule has 1 aliphatic carbocycles. The summed E-state index contributed by atoms with van der Waals surface area (Å²) in [5.41, 5.74) is 1.09. The SMILES string of the molecule is CC1(C)CCCCC1C(Br)c1ccc(F)c(F)c1. The first-order valence-electron chi connectivity index (χ1n) is 6.51. The van der Waals surface area contributed by atoms with Crippen LogP contribution in [0.3, 0.4) is 0 Å². The van der Waals surface area contributed by atoms with Crippen LogP contribution in [0, 0.1) is 23.0 Å². The maximum Gasteiger partial charge on any atom is 0.159 e. The van der Waals surface area contributed by atoms with E-state index < -0.39 is 11.6 Å². The molecule has 0 N–H and O–H groups in total. The summed E-state index contributed by atoms with van der Waals surface area (Å²) in [5, 5.41) is 0. The molecular formula is C15H19BrF2. The van der Waals surface area contributed by atoms with Gasteiger partial charge in [0.05, 0.1) is 0 Å². The molecule has 3 heteroatoms. The Kier molecular flexibility index (Phi) is 4.10. The Morgan fingerprint density at radius 3 is 2.56 bits per heavy atom. The Balaban J connectivity index is 2.24. The predicted molar refractivity (Wildman–Crippen MR) is 73.8 cm³/mol. The second kappa shape index (κ2) is 5.28. The lowest BCUT2D eigenvalue weighted by molar-refractivity contribution is 0.136. The standard InChI is InChI=1S/C15H19BrF2/c1-15(2)8-4-3-5-11(15)14(16)10-6-7-12(17)13(18)9-10/h6-7,9,11,14H,3-5,8H2,1-2H3. The molecule has 0 aliphatic heterocycles. The highest BCUT2D eigenvalue weighted by Gasteiger charge is 2.37. The van der Waals surface area contributed by atoms with Crippen molar-refractivity contribution in [3.8, 4) is 0 Å². The smallest absolute Gasteiger partial charge is 0.159 e. The summed E-state index contributed by atoms with van der Waals surface area (Å²) in [4.78, 5) is 0.0999. The Bertz CT molecular complexity index is 429. The quantitative estimate of drug-likeness (QED) is 0.621. The Morgan fingerprint density at radius 1 is 1.22 bits per heavy atom. The molecule has 0 spiro atoms. The lowest BCUT2D eigenvalue weighted by Gasteiger charge is -2.41. The molecule has 0 aromatic heterocycles. The Hall–Kier alpha value is -0.440. The summed E-state index contributed by atoms with van der Waals surface area (Å²) >= 11 is 3.69. The van der Waals surface area contributed by atoms with Crippen molar-refractivity contribution in [2.75, 3.05) is 0 Å². The third-order valence-corrected chi connectivity index (χ3v) is 5.37. The molecule has 0 amide bonds. The third kappa shape index (κ3) is 2.76. The van der Waals surface area contributed by atoms with E-state index in [1.807, 2.05) is 0 Å². The van der Waals surface area contributed by atoms with Crippen molar-refractivity contribution in [2.24, 2.45) is 11.3 Å². The summed E-state index contributed by atoms with van der Waals surface area (Å²) in [5.74, 6) is -1.07. The fourth-order valence-corrected chi connectivity index (χ4v) is 4.24. The van der Waals surface area contributed by atoms with Gasteiger partial charge < -0.3 is 0 Å². The van der Waals surface area contributed by atoms with Crippen molar-refractivity contribution in [3.05, 3.63) is 35.4 Å². The van der Waals surface area contributed by atoms with Gasteiger partial charge in [0, 0.05) is 4.83 Å². The van der Waals surface area contributed by atoms with Gasteiger partial charge in [-0.3, -0.25) is 0 Å². The van der Waals surface area contributed by atoms with Gasteiger partial charge in [0.1, 0.15) is 0 Å². The van der Waals surface area contributed by atoms with Gasteiger partial charge in [0.2, 0.25) is 0 Å². The van der Waals surface area contributed by atoms with Gasteiger partial charge in [-0.25, -0.2) is 8.78 Å². The van der Waals surface area contributed by atoms with Crippen molar-refractivity contribution in [1.29, 1.82) is 0 Å². The van der Waals surface area contributed by atoms with Crippen LogP contribution >= 0.6 is 15.9 Å². The number of alkyl halides is 1. The van der Waals surface area contributed by atoms with Gasteiger partial charge in [0.15, 0.2) is 11.6 Å². The number of hydrogen-bond acceptors (Lipinski definition) is 0. The van der Waals surface area contributed by atoms with Crippen molar-refractivity contribution >= 4 is 15.9 Å². The van der Waals surface area contributed by atoms with Crippen LogP contribution in [-0.4, -0.2) is 0 Å². The third-order valence-electron chi connectivity index (χ3n) is 4.21. The van der Waals surface area contributed by atoms with E-state index in [-0.39, 0.29) is 10.2 Å². The van der Waals surface area contributed by atoms with E-state index >= 15 is 0 Å². The van der Waals surface area contributed by atoms with Crippen LogP contribution in [0.15, 0.2) is 18.2 Å². The van der Waals surface area contributed by atoms with Gasteiger partial charge in [-0.1, -0.05) is 48.7 Å². The van der Waals surface area contributed by atoms with E-state index in [1.165, 1.54) is 31.4 Å². The van der Waals surface area contributed by atoms with E-state index in [0.717, 1.165) is 12.0 Å². The Labute approximate surface area is 116 Å². The van der Waals surface area contributed by atoms with E-state index in [0.29, 0.717) is 5.92 Å². The van der Waals surface area contributed by atoms with Crippen molar-refractivity contribution in [1.82, 2.24) is 0 Å². The maximum absolute atomic E-state index is 13.3. The summed E-state index contributed by atoms with van der Waals surface area (Å²) < 4.78 is 26.3. The maximum atomic E-state index is 13.3. The van der Waals surface area contributed by atoms with E-state index in [2.05, 4.69) is 29.8 Å². The minimum Gasteiger partial charge on any atom is -0.204 e. The van der Waals surface area contributed by atoms with Gasteiger partial charge >= 0.3 is 0 Å². The highest BCUT2D eigenvalue weighted by molar-refractivity contribution is 9.09. The molecule has 1 saturated carbocycles. The molecule has 1 aromatic carbocycles. The summed E-state index contributed by atoms with van der Waals surface area (Å²) in [6.07, 6.45) is 4.83. The molecule has 2 atom stereocenters. The van der Waals surface area contributed by atoms with Crippen LogP contribution < -0.4 is 0 Å². The van der Waals surface area contributed by atoms with E-state index in [4.69, 9.17) is 0 Å². The average Bonchev–Trinajstić information content (AvgIpc) is 2.31. The molecule has 2 unspecified atom stereocenters. The fraction of sp³-hybridized carbons (Fsp3) is 0.600. The van der Waals surface area contributed by atoms with Crippen LogP contribution in [0.5, 0.6) is 0 Å². The zero-order chi connectivity index (χ0) is 13.3. The topological polar surface area (TPSA) is 0 Å². The van der Waals surface area contributed by atoms with Gasteiger partial charge in [0.25, 0.3) is 0 Å². The van der Waals surface area contributed by atoms with Crippen LogP contribution in [0.2, 0.25) is 0 Å². The summed E-state index contributed by atoms with van der Waals surface area (Å²) in [6, 6.07) is 4.22. The Morgan fingerprint density at radius 2 is 1.94 bits per heavy atom. The van der Waals surface area contributed by atoms with Crippen LogP contribution in [0.1, 0.15) is 49.9 Å². The average molecular weight is 317 g/mol. The van der Waals surface area contributed by atoms with Crippen LogP contribution in [-0.2, 0) is 0 Å². The molecule has 18 heavy (non-hydrogen) atoms. The normalized spacial score (nSPS) is 24.8. The monoisotopic (exact) mass is 316 g/mol. The first kappa shape index (κ1) is 14.0. The molecule has 1 aromatic rings.